The van der Waals surface area contributed by atoms with Gasteiger partial charge in [0.2, 0.25) is 0 Å². The van der Waals surface area contributed by atoms with Crippen LogP contribution in [0.5, 0.6) is 23.0 Å². The van der Waals surface area contributed by atoms with Crippen LogP contribution in [0.25, 0.3) is 0 Å². The van der Waals surface area contributed by atoms with Crippen LogP contribution in [0.1, 0.15) is 104 Å². The van der Waals surface area contributed by atoms with Gasteiger partial charge in [-0.25, -0.2) is 0 Å². The highest BCUT2D eigenvalue weighted by Crippen LogP contribution is 2.43. The van der Waals surface area contributed by atoms with Crippen molar-refractivity contribution in [3.8, 4) is 23.0 Å². The second kappa shape index (κ2) is 32.0. The Balaban J connectivity index is 0.00000540. The number of nitrogens with zero attached hydrogens (tertiary/aromatic N) is 2. The fourth-order valence-corrected chi connectivity index (χ4v) is 9.08. The molecule has 400 valence electrons. The number of phenolic OH excluding ortho intramolecular Hbond substituents is 2. The molecule has 0 saturated carbocycles. The van der Waals surface area contributed by atoms with Crippen LogP contribution in [0.4, 0.5) is 0 Å². The number of aromatic hydroxyl groups is 2. The summed E-state index contributed by atoms with van der Waals surface area (Å²) in [6, 6.07) is 0. The van der Waals surface area contributed by atoms with Crippen LogP contribution in [0.2, 0.25) is 0 Å². The molecule has 0 bridgehead atoms. The molecule has 1 saturated heterocycles. The average Bonchev–Trinajstić information content (AvgIpc) is 4.09. The Morgan fingerprint density at radius 3 is 1.61 bits per heavy atom. The van der Waals surface area contributed by atoms with E-state index >= 15 is 0 Å². The Bertz CT molecular complexity index is 2030. The fraction of sp³-hybridized carbons (Fsp3) is 0.667. The number of unbranched alkanes of at least 4 members (excludes halogenated alkanes) is 1. The van der Waals surface area contributed by atoms with E-state index < -0.39 is 12.2 Å². The maximum absolute atomic E-state index is 13.2. The summed E-state index contributed by atoms with van der Waals surface area (Å²) < 4.78 is 57.6. The van der Waals surface area contributed by atoms with Gasteiger partial charge in [-0.1, -0.05) is 30.2 Å². The van der Waals surface area contributed by atoms with Gasteiger partial charge in [-0.05, 0) is 95.0 Å². The van der Waals surface area contributed by atoms with Crippen LogP contribution in [0, 0.1) is 13.8 Å². The van der Waals surface area contributed by atoms with E-state index in [2.05, 4.69) is 16.7 Å². The topological polar surface area (TPSA) is 194 Å². The molecule has 1 fully saturated rings. The number of carbonyl (C=O) groups excluding carboxylic acids is 2. The molecule has 3 N–H and O–H groups in total. The lowest BCUT2D eigenvalue weighted by Gasteiger charge is -2.30. The molecule has 0 aromatic heterocycles. The molecule has 2 atom stereocenters. The van der Waals surface area contributed by atoms with E-state index in [1.54, 1.807) is 21.3 Å². The molecular weight excluding hydrogens is 917 g/mol. The number of esters is 2. The summed E-state index contributed by atoms with van der Waals surface area (Å²) in [5.41, 5.74) is 9.06. The van der Waals surface area contributed by atoms with E-state index in [0.29, 0.717) is 116 Å². The largest absolute Gasteiger partial charge is 0.507 e. The van der Waals surface area contributed by atoms with E-state index in [0.717, 1.165) is 95.2 Å². The highest BCUT2D eigenvalue weighted by atomic mass is 16.6. The molecule has 17 nitrogen and oxygen atoms in total. The van der Waals surface area contributed by atoms with E-state index in [1.165, 1.54) is 0 Å². The Morgan fingerprint density at radius 2 is 1.14 bits per heavy atom. The first-order valence-electron chi connectivity index (χ1n) is 25.2. The summed E-state index contributed by atoms with van der Waals surface area (Å²) in [6.45, 7) is 19.1. The molecule has 0 spiro atoms. The van der Waals surface area contributed by atoms with Crippen LogP contribution in [-0.4, -0.2) is 163 Å². The maximum Gasteiger partial charge on any atom is 0.306 e. The van der Waals surface area contributed by atoms with Crippen LogP contribution in [-0.2, 0) is 86.8 Å². The minimum atomic E-state index is -0.455. The number of aliphatic hydroxyl groups excluding tert-OH is 1. The molecule has 5 rings (SSSR count). The minimum Gasteiger partial charge on any atom is -0.507 e. The number of aliphatic hydroxyl groups is 1. The van der Waals surface area contributed by atoms with Crippen LogP contribution < -0.4 is 9.47 Å². The third-order valence-corrected chi connectivity index (χ3v) is 13.3. The van der Waals surface area contributed by atoms with Crippen molar-refractivity contribution in [2.45, 2.75) is 125 Å². The first-order valence-corrected chi connectivity index (χ1v) is 25.2. The number of rotatable bonds is 31. The Morgan fingerprint density at radius 1 is 0.676 bits per heavy atom. The molecular formula is C54H84N2O15. The third-order valence-electron chi connectivity index (χ3n) is 13.3. The quantitative estimate of drug-likeness (QED) is 0.0417. The SMILES string of the molecule is CCN(CCOC)CC(COCCCCOCC(CN1CCOCC1)OC(=O)CC/C(C)=C/Cc1c(O)c2c(c(C)c1OC)COC2)OC(=O)CC/C(C)=C/Cc1c(O)c2c(c(C)c1OC)COC2.CO. The first kappa shape index (κ1) is 59.3. The highest BCUT2D eigenvalue weighted by Gasteiger charge is 2.28. The zero-order chi connectivity index (χ0) is 51.7. The van der Waals surface area contributed by atoms with Crippen molar-refractivity contribution in [1.82, 2.24) is 9.80 Å². The van der Waals surface area contributed by atoms with E-state index in [4.69, 9.17) is 52.5 Å². The van der Waals surface area contributed by atoms with Crippen molar-refractivity contribution < 1.29 is 72.3 Å². The van der Waals surface area contributed by atoms with Gasteiger partial charge in [-0.15, -0.1) is 0 Å². The number of hydrogen-bond acceptors (Lipinski definition) is 17. The van der Waals surface area contributed by atoms with Gasteiger partial charge in [0.15, 0.2) is 0 Å². The maximum atomic E-state index is 13.2. The monoisotopic (exact) mass is 1000 g/mol. The number of morpholine rings is 1. The van der Waals surface area contributed by atoms with Gasteiger partial charge in [0.05, 0.1) is 73.7 Å². The number of fused-ring (bicyclic) bond motifs is 2. The number of methoxy groups -OCH3 is 3. The summed E-state index contributed by atoms with van der Waals surface area (Å²) in [7, 11) is 5.90. The molecule has 17 heteroatoms. The third kappa shape index (κ3) is 18.3. The molecule has 0 radical (unpaired) electrons. The summed E-state index contributed by atoms with van der Waals surface area (Å²) in [5, 5.41) is 29.1. The first-order chi connectivity index (χ1) is 34.4. The predicted molar refractivity (Wildman–Crippen MR) is 269 cm³/mol. The summed E-state index contributed by atoms with van der Waals surface area (Å²) >= 11 is 0. The van der Waals surface area contributed by atoms with Crippen molar-refractivity contribution in [3.63, 3.8) is 0 Å². The number of phenols is 2. The van der Waals surface area contributed by atoms with Gasteiger partial charge in [0.25, 0.3) is 0 Å². The molecule has 2 unspecified atom stereocenters. The zero-order valence-corrected chi connectivity index (χ0v) is 44.1. The lowest BCUT2D eigenvalue weighted by atomic mass is 9.95. The van der Waals surface area contributed by atoms with E-state index in [9.17, 15) is 19.8 Å². The van der Waals surface area contributed by atoms with Gasteiger partial charge < -0.3 is 62.7 Å². The van der Waals surface area contributed by atoms with Crippen molar-refractivity contribution in [1.29, 1.82) is 0 Å². The molecule has 3 heterocycles. The van der Waals surface area contributed by atoms with Gasteiger partial charge in [0.1, 0.15) is 35.2 Å². The second-order valence-corrected chi connectivity index (χ2v) is 18.3. The minimum absolute atomic E-state index is 0.216. The van der Waals surface area contributed by atoms with E-state index in [1.807, 2.05) is 39.8 Å². The van der Waals surface area contributed by atoms with Gasteiger partial charge in [0, 0.05) is 95.3 Å². The Labute approximate surface area is 422 Å². The smallest absolute Gasteiger partial charge is 0.306 e. The van der Waals surface area contributed by atoms with Gasteiger partial charge >= 0.3 is 11.9 Å². The number of hydrogen-bond donors (Lipinski definition) is 3. The molecule has 71 heavy (non-hydrogen) atoms. The number of carbonyl (C=O) groups is 2. The Kier molecular flexibility index (Phi) is 26.7. The highest BCUT2D eigenvalue weighted by molar-refractivity contribution is 5.70. The Hall–Kier alpha value is -4.30. The van der Waals surface area contributed by atoms with Gasteiger partial charge in [-0.3, -0.25) is 19.4 Å². The van der Waals surface area contributed by atoms with Crippen LogP contribution in [0.15, 0.2) is 23.3 Å². The summed E-state index contributed by atoms with van der Waals surface area (Å²) in [4.78, 5) is 30.8. The molecule has 2 aromatic carbocycles. The normalized spacial score (nSPS) is 15.8. The lowest BCUT2D eigenvalue weighted by Crippen LogP contribution is -2.43. The number of allylic oxidation sites excluding steroid dienone is 4. The predicted octanol–water partition coefficient (Wildman–Crippen LogP) is 6.58. The number of likely N-dealkylation sites (N-methyl/N-ethyl adjacent to an activating group) is 1. The standard InChI is InChI=1S/C53H80N2O14.CH4O/c1-9-54(20-25-60-6)28-40(68-48(56)18-14-36(2)12-16-42-50(58)46-34-66-32-44(46)38(4)52(42)61-7)30-64-23-10-11-24-65-31-41(29-55-21-26-63-27-22-55)69-49(57)19-15-37(3)13-17-43-51(59)47-35-67-33-45(47)39(5)53(43)62-8;1-2/h12-13,40-41,58-59H,9-11,14-35H2,1-8H3;2H,1H3/b36-12+,37-13+;. The average molecular weight is 1000 g/mol. The van der Waals surface area contributed by atoms with Crippen molar-refractivity contribution >= 4 is 11.9 Å². The second-order valence-electron chi connectivity index (χ2n) is 18.3. The zero-order valence-electron chi connectivity index (χ0n) is 44.1. The summed E-state index contributed by atoms with van der Waals surface area (Å²) in [6.07, 6.45) is 7.09. The van der Waals surface area contributed by atoms with Crippen LogP contribution in [0.3, 0.4) is 0 Å². The molecule has 0 amide bonds. The van der Waals surface area contributed by atoms with Crippen molar-refractivity contribution in [2.24, 2.45) is 0 Å². The van der Waals surface area contributed by atoms with Gasteiger partial charge in [-0.2, -0.15) is 0 Å². The number of ether oxygens (including phenoxy) is 10. The fourth-order valence-electron chi connectivity index (χ4n) is 9.08. The van der Waals surface area contributed by atoms with Crippen molar-refractivity contribution in [3.05, 3.63) is 67.8 Å². The molecule has 0 aliphatic carbocycles. The molecule has 2 aromatic rings. The van der Waals surface area contributed by atoms with Crippen LogP contribution >= 0.6 is 0 Å². The van der Waals surface area contributed by atoms with Crippen molar-refractivity contribution in [2.75, 3.05) is 114 Å². The molecule has 3 aliphatic heterocycles. The van der Waals surface area contributed by atoms with E-state index in [-0.39, 0.29) is 49.5 Å². The summed E-state index contributed by atoms with van der Waals surface area (Å²) in [5.74, 6) is 1.20. The molecule has 3 aliphatic rings. The number of benzene rings is 2. The lowest BCUT2D eigenvalue weighted by molar-refractivity contribution is -0.155.